The number of hydrogen-bond acceptors (Lipinski definition) is 6. The Labute approximate surface area is 163 Å². The van der Waals surface area contributed by atoms with Gasteiger partial charge in [-0.1, -0.05) is 30.3 Å². The number of aliphatic hydroxyl groups excluding tert-OH is 1. The van der Waals surface area contributed by atoms with E-state index in [0.717, 1.165) is 11.1 Å². The third kappa shape index (κ3) is 2.70. The zero-order valence-electron chi connectivity index (χ0n) is 15.5. The van der Waals surface area contributed by atoms with Crippen LogP contribution in [0, 0.1) is 0 Å². The Morgan fingerprint density at radius 3 is 2.57 bits per heavy atom. The van der Waals surface area contributed by atoms with Crippen molar-refractivity contribution in [1.29, 1.82) is 0 Å². The molecule has 3 aliphatic rings. The Morgan fingerprint density at radius 2 is 1.86 bits per heavy atom. The van der Waals surface area contributed by atoms with Gasteiger partial charge in [-0.25, -0.2) is 0 Å². The normalized spacial score (nSPS) is 27.2. The Balaban J connectivity index is 1.41. The van der Waals surface area contributed by atoms with Crippen molar-refractivity contribution < 1.29 is 19.1 Å². The monoisotopic (exact) mass is 381 g/mol. The summed E-state index contributed by atoms with van der Waals surface area (Å²) in [5.74, 6) is -0.334. The molecule has 2 aromatic rings. The van der Waals surface area contributed by atoms with Crippen LogP contribution in [0.4, 0.5) is 0 Å². The first kappa shape index (κ1) is 17.6. The van der Waals surface area contributed by atoms with Gasteiger partial charge in [0.25, 0.3) is 5.91 Å². The molecule has 7 heteroatoms. The van der Waals surface area contributed by atoms with Crippen molar-refractivity contribution >= 4 is 11.8 Å². The summed E-state index contributed by atoms with van der Waals surface area (Å²) >= 11 is 0. The average molecular weight is 381 g/mol. The molecular formula is C21H23N3O4. The molecule has 1 spiro atoms. The Morgan fingerprint density at radius 1 is 1.07 bits per heavy atom. The van der Waals surface area contributed by atoms with E-state index in [1.165, 1.54) is 4.90 Å². The molecule has 1 aromatic heterocycles. The molecule has 3 fully saturated rings. The van der Waals surface area contributed by atoms with E-state index in [-0.39, 0.29) is 18.4 Å². The van der Waals surface area contributed by atoms with Gasteiger partial charge in [0.1, 0.15) is 5.54 Å². The highest BCUT2D eigenvalue weighted by atomic mass is 16.3. The summed E-state index contributed by atoms with van der Waals surface area (Å²) in [6, 6.07) is 11.1. The molecule has 0 saturated carbocycles. The van der Waals surface area contributed by atoms with Crippen LogP contribution in [0.2, 0.25) is 0 Å². The summed E-state index contributed by atoms with van der Waals surface area (Å²) in [5.41, 5.74) is 1.27. The van der Waals surface area contributed by atoms with Crippen molar-refractivity contribution in [2.75, 3.05) is 19.6 Å². The van der Waals surface area contributed by atoms with Gasteiger partial charge in [0, 0.05) is 31.7 Å². The topological polar surface area (TPSA) is 77.2 Å². The zero-order valence-corrected chi connectivity index (χ0v) is 15.5. The highest BCUT2D eigenvalue weighted by molar-refractivity contribution is 6.06. The number of fused-ring (bicyclic) bond motifs is 2. The van der Waals surface area contributed by atoms with Gasteiger partial charge in [-0.05, 0) is 18.1 Å². The number of piperazine rings is 1. The number of imide groups is 1. The molecule has 28 heavy (non-hydrogen) atoms. The van der Waals surface area contributed by atoms with Crippen LogP contribution in [-0.4, -0.2) is 68.9 Å². The van der Waals surface area contributed by atoms with Crippen LogP contribution in [0.1, 0.15) is 17.5 Å². The molecular weight excluding hydrogens is 358 g/mol. The number of furan rings is 1. The first-order valence-corrected chi connectivity index (χ1v) is 9.65. The number of nitrogens with zero attached hydrogens (tertiary/aromatic N) is 3. The molecule has 0 aliphatic carbocycles. The van der Waals surface area contributed by atoms with Crippen LogP contribution in [0.3, 0.4) is 0 Å². The largest absolute Gasteiger partial charge is 0.472 e. The summed E-state index contributed by atoms with van der Waals surface area (Å²) in [7, 11) is 0. The molecule has 0 radical (unpaired) electrons. The number of carbonyl (C=O) groups excluding carboxylic acids is 2. The minimum atomic E-state index is -0.728. The van der Waals surface area contributed by atoms with E-state index in [2.05, 4.69) is 4.90 Å². The van der Waals surface area contributed by atoms with Crippen LogP contribution in [0.25, 0.3) is 0 Å². The third-order valence-corrected chi connectivity index (χ3v) is 6.16. The number of benzene rings is 1. The highest BCUT2D eigenvalue weighted by Gasteiger charge is 2.64. The van der Waals surface area contributed by atoms with Gasteiger partial charge in [-0.15, -0.1) is 0 Å². The molecule has 1 N–H and O–H groups in total. The fourth-order valence-corrected chi connectivity index (χ4v) is 4.85. The van der Waals surface area contributed by atoms with Gasteiger partial charge in [0.2, 0.25) is 5.91 Å². The predicted octanol–water partition coefficient (Wildman–Crippen LogP) is 0.838. The van der Waals surface area contributed by atoms with Crippen molar-refractivity contribution in [3.05, 3.63) is 60.1 Å². The summed E-state index contributed by atoms with van der Waals surface area (Å²) in [6.45, 7) is 2.47. The lowest BCUT2D eigenvalue weighted by atomic mass is 9.82. The van der Waals surface area contributed by atoms with Crippen LogP contribution in [0.15, 0.2) is 53.3 Å². The van der Waals surface area contributed by atoms with Crippen LogP contribution in [0.5, 0.6) is 0 Å². The quantitative estimate of drug-likeness (QED) is 0.791. The number of hydrogen-bond donors (Lipinski definition) is 1. The highest BCUT2D eigenvalue weighted by Crippen LogP contribution is 2.41. The SMILES string of the molecule is O=C1[C@@H]2C[C@@H](O)CN2C2(CN(Cc3ccoc3)C2)C(=O)N1Cc1ccccc1. The first-order chi connectivity index (χ1) is 13.6. The number of aliphatic hydroxyl groups is 1. The molecule has 2 amide bonds. The lowest BCUT2D eigenvalue weighted by molar-refractivity contribution is -0.181. The minimum absolute atomic E-state index is 0.143. The summed E-state index contributed by atoms with van der Waals surface area (Å²) < 4.78 is 5.13. The van der Waals surface area contributed by atoms with Crippen molar-refractivity contribution in [2.45, 2.75) is 37.2 Å². The lowest BCUT2D eigenvalue weighted by Gasteiger charge is -2.58. The van der Waals surface area contributed by atoms with Crippen molar-refractivity contribution in [3.8, 4) is 0 Å². The van der Waals surface area contributed by atoms with Gasteiger partial charge in [0.05, 0.1) is 31.2 Å². The van der Waals surface area contributed by atoms with Crippen molar-refractivity contribution in [2.24, 2.45) is 0 Å². The van der Waals surface area contributed by atoms with Crippen LogP contribution < -0.4 is 0 Å². The smallest absolute Gasteiger partial charge is 0.252 e. The predicted molar refractivity (Wildman–Crippen MR) is 99.8 cm³/mol. The fourth-order valence-electron chi connectivity index (χ4n) is 4.85. The van der Waals surface area contributed by atoms with Gasteiger partial charge < -0.3 is 9.52 Å². The maximum atomic E-state index is 13.5. The summed E-state index contributed by atoms with van der Waals surface area (Å²) in [4.78, 5) is 32.1. The summed E-state index contributed by atoms with van der Waals surface area (Å²) in [5, 5.41) is 10.2. The molecule has 1 aromatic carbocycles. The van der Waals surface area contributed by atoms with E-state index < -0.39 is 17.7 Å². The number of amides is 2. The maximum absolute atomic E-state index is 13.5. The lowest BCUT2D eigenvalue weighted by Crippen LogP contribution is -2.81. The number of carbonyl (C=O) groups is 2. The van der Waals surface area contributed by atoms with Crippen LogP contribution in [-0.2, 0) is 22.7 Å². The summed E-state index contributed by atoms with van der Waals surface area (Å²) in [6.07, 6.45) is 3.17. The zero-order chi connectivity index (χ0) is 19.3. The molecule has 3 aliphatic heterocycles. The molecule has 2 atom stereocenters. The number of β-amino-alcohol motifs (C(OH)–C–C–N with tert-alkyl or cyclic N) is 1. The van der Waals surface area contributed by atoms with Gasteiger partial charge in [-0.3, -0.25) is 24.3 Å². The first-order valence-electron chi connectivity index (χ1n) is 9.65. The fraction of sp³-hybridized carbons (Fsp3) is 0.429. The van der Waals surface area contributed by atoms with E-state index in [4.69, 9.17) is 4.42 Å². The van der Waals surface area contributed by atoms with Crippen LogP contribution >= 0.6 is 0 Å². The van der Waals surface area contributed by atoms with Crippen molar-refractivity contribution in [3.63, 3.8) is 0 Å². The Kier molecular flexibility index (Phi) is 4.12. The second-order valence-electron chi connectivity index (χ2n) is 8.08. The molecule has 5 rings (SSSR count). The van der Waals surface area contributed by atoms with E-state index >= 15 is 0 Å². The van der Waals surface area contributed by atoms with Gasteiger partial charge in [0.15, 0.2) is 0 Å². The van der Waals surface area contributed by atoms with E-state index in [9.17, 15) is 14.7 Å². The van der Waals surface area contributed by atoms with Gasteiger partial charge in [-0.2, -0.15) is 0 Å². The number of likely N-dealkylation sites (tertiary alicyclic amines) is 1. The molecule has 4 heterocycles. The van der Waals surface area contributed by atoms with E-state index in [1.54, 1.807) is 12.5 Å². The van der Waals surface area contributed by atoms with Crippen molar-refractivity contribution in [1.82, 2.24) is 14.7 Å². The average Bonchev–Trinajstić information content (AvgIpc) is 3.31. The minimum Gasteiger partial charge on any atom is -0.472 e. The van der Waals surface area contributed by atoms with E-state index in [1.807, 2.05) is 41.3 Å². The van der Waals surface area contributed by atoms with E-state index in [0.29, 0.717) is 32.6 Å². The molecule has 0 unspecified atom stereocenters. The standard InChI is InChI=1S/C21H23N3O4/c25-17-8-18-19(26)23(10-15-4-2-1-3-5-15)20(27)21(24(18)11-17)13-22(14-21)9-16-6-7-28-12-16/h1-7,12,17-18,25H,8-11,13-14H2/t17-,18+/m1/s1. The second kappa shape index (κ2) is 6.55. The maximum Gasteiger partial charge on any atom is 0.252 e. The molecule has 146 valence electrons. The molecule has 3 saturated heterocycles. The second-order valence-corrected chi connectivity index (χ2v) is 8.08. The third-order valence-electron chi connectivity index (χ3n) is 6.16. The molecule has 7 nitrogen and oxygen atoms in total. The number of rotatable bonds is 4. The molecule has 0 bridgehead atoms. The van der Waals surface area contributed by atoms with Gasteiger partial charge >= 0.3 is 0 Å². The Bertz CT molecular complexity index is 876. The Hall–Kier alpha value is -2.48.